The monoisotopic (exact) mass is 231 g/mol. The summed E-state index contributed by atoms with van der Waals surface area (Å²) in [5.74, 6) is -0.998. The maximum absolute atomic E-state index is 11.0. The van der Waals surface area contributed by atoms with Gasteiger partial charge in [0.15, 0.2) is 0 Å². The number of fused-ring (bicyclic) bond motifs is 1. The standard InChI is InChI=1S/C12H13N3O2/c1-8(16)12(17)13-5-4-9-2-3-10-11(6-9)15-7-14-10/h2-3,6-7H,4-5H2,1H3,(H,13,17)(H,14,15). The lowest BCUT2D eigenvalue weighted by atomic mass is 10.1. The average molecular weight is 231 g/mol. The zero-order chi connectivity index (χ0) is 12.3. The van der Waals surface area contributed by atoms with Crippen molar-refractivity contribution in [1.29, 1.82) is 0 Å². The number of nitrogens with one attached hydrogen (secondary N) is 2. The Labute approximate surface area is 98.2 Å². The highest BCUT2D eigenvalue weighted by Crippen LogP contribution is 2.11. The predicted molar refractivity (Wildman–Crippen MR) is 63.5 cm³/mol. The van der Waals surface area contributed by atoms with Crippen molar-refractivity contribution in [3.63, 3.8) is 0 Å². The van der Waals surface area contributed by atoms with Crippen molar-refractivity contribution >= 4 is 22.7 Å². The van der Waals surface area contributed by atoms with Crippen molar-refractivity contribution in [1.82, 2.24) is 15.3 Å². The molecule has 0 saturated carbocycles. The van der Waals surface area contributed by atoms with Crippen LogP contribution in [0.25, 0.3) is 11.0 Å². The number of Topliss-reactive ketones (excluding diaryl/α,β-unsaturated/α-hetero) is 1. The first-order valence-corrected chi connectivity index (χ1v) is 5.37. The van der Waals surface area contributed by atoms with Crippen molar-refractivity contribution in [3.05, 3.63) is 30.1 Å². The van der Waals surface area contributed by atoms with Gasteiger partial charge in [0, 0.05) is 13.5 Å². The van der Waals surface area contributed by atoms with E-state index in [4.69, 9.17) is 0 Å². The third-order valence-electron chi connectivity index (χ3n) is 2.50. The summed E-state index contributed by atoms with van der Waals surface area (Å²) in [7, 11) is 0. The summed E-state index contributed by atoms with van der Waals surface area (Å²) in [6, 6.07) is 5.87. The Kier molecular flexibility index (Phi) is 3.18. The molecule has 5 nitrogen and oxygen atoms in total. The Morgan fingerprint density at radius 1 is 1.41 bits per heavy atom. The van der Waals surface area contributed by atoms with Crippen LogP contribution in [-0.4, -0.2) is 28.2 Å². The molecule has 0 aliphatic heterocycles. The van der Waals surface area contributed by atoms with Crippen molar-refractivity contribution in [2.24, 2.45) is 0 Å². The molecule has 88 valence electrons. The molecule has 1 aromatic heterocycles. The number of H-pyrrole nitrogens is 1. The molecule has 2 aromatic rings. The molecule has 2 rings (SSSR count). The summed E-state index contributed by atoms with van der Waals surface area (Å²) in [5.41, 5.74) is 2.98. The van der Waals surface area contributed by atoms with Gasteiger partial charge in [-0.05, 0) is 24.1 Å². The van der Waals surface area contributed by atoms with Gasteiger partial charge in [-0.15, -0.1) is 0 Å². The van der Waals surface area contributed by atoms with E-state index in [1.54, 1.807) is 6.33 Å². The second-order valence-electron chi connectivity index (χ2n) is 3.82. The zero-order valence-electron chi connectivity index (χ0n) is 9.49. The second kappa shape index (κ2) is 4.78. The molecule has 0 atom stereocenters. The lowest BCUT2D eigenvalue weighted by molar-refractivity contribution is -0.136. The molecule has 0 aliphatic rings. The Bertz CT molecular complexity index is 560. The van der Waals surface area contributed by atoms with Crippen LogP contribution in [0.3, 0.4) is 0 Å². The molecule has 0 spiro atoms. The molecule has 0 saturated heterocycles. The van der Waals surface area contributed by atoms with Crippen LogP contribution >= 0.6 is 0 Å². The summed E-state index contributed by atoms with van der Waals surface area (Å²) in [4.78, 5) is 28.9. The van der Waals surface area contributed by atoms with Gasteiger partial charge in [-0.3, -0.25) is 9.59 Å². The van der Waals surface area contributed by atoms with Gasteiger partial charge in [0.25, 0.3) is 5.91 Å². The number of ketones is 1. The molecular weight excluding hydrogens is 218 g/mol. The minimum Gasteiger partial charge on any atom is -0.349 e. The van der Waals surface area contributed by atoms with Crippen LogP contribution in [0.5, 0.6) is 0 Å². The molecule has 1 aromatic carbocycles. The number of benzene rings is 1. The number of carbonyl (C=O) groups excluding carboxylic acids is 2. The first-order chi connectivity index (χ1) is 8.16. The van der Waals surface area contributed by atoms with E-state index in [0.717, 1.165) is 16.6 Å². The van der Waals surface area contributed by atoms with E-state index in [1.807, 2.05) is 18.2 Å². The van der Waals surface area contributed by atoms with Gasteiger partial charge >= 0.3 is 0 Å². The molecule has 0 fully saturated rings. The smallest absolute Gasteiger partial charge is 0.287 e. The van der Waals surface area contributed by atoms with Crippen LogP contribution in [0.1, 0.15) is 12.5 Å². The number of hydrogen-bond acceptors (Lipinski definition) is 3. The number of rotatable bonds is 4. The number of amides is 1. The second-order valence-corrected chi connectivity index (χ2v) is 3.82. The summed E-state index contributed by atoms with van der Waals surface area (Å²) < 4.78 is 0. The quantitative estimate of drug-likeness (QED) is 0.765. The largest absolute Gasteiger partial charge is 0.349 e. The number of nitrogens with zero attached hydrogens (tertiary/aromatic N) is 1. The van der Waals surface area contributed by atoms with Crippen LogP contribution in [0.2, 0.25) is 0 Å². The number of carbonyl (C=O) groups is 2. The highest BCUT2D eigenvalue weighted by atomic mass is 16.2. The van der Waals surface area contributed by atoms with Crippen molar-refractivity contribution in [2.45, 2.75) is 13.3 Å². The fourth-order valence-electron chi connectivity index (χ4n) is 1.58. The molecule has 1 amide bonds. The Morgan fingerprint density at radius 3 is 3.00 bits per heavy atom. The Balaban J connectivity index is 1.94. The minimum absolute atomic E-state index is 0.456. The van der Waals surface area contributed by atoms with E-state index >= 15 is 0 Å². The Hall–Kier alpha value is -2.17. The van der Waals surface area contributed by atoms with E-state index in [-0.39, 0.29) is 0 Å². The van der Waals surface area contributed by atoms with Crippen molar-refractivity contribution < 1.29 is 9.59 Å². The molecule has 0 radical (unpaired) electrons. The number of aromatic amines is 1. The van der Waals surface area contributed by atoms with E-state index in [9.17, 15) is 9.59 Å². The van der Waals surface area contributed by atoms with Crippen LogP contribution in [0.15, 0.2) is 24.5 Å². The van der Waals surface area contributed by atoms with Gasteiger partial charge in [0.2, 0.25) is 5.78 Å². The SMILES string of the molecule is CC(=O)C(=O)NCCc1ccc2nc[nH]c2c1. The highest BCUT2D eigenvalue weighted by molar-refractivity contribution is 6.35. The molecular formula is C12H13N3O2. The zero-order valence-corrected chi connectivity index (χ0v) is 9.49. The molecule has 17 heavy (non-hydrogen) atoms. The molecule has 0 bridgehead atoms. The van der Waals surface area contributed by atoms with E-state index in [0.29, 0.717) is 13.0 Å². The lowest BCUT2D eigenvalue weighted by Gasteiger charge is -2.03. The molecule has 0 aliphatic carbocycles. The average Bonchev–Trinajstić information content (AvgIpc) is 2.75. The number of imidazole rings is 1. The first-order valence-electron chi connectivity index (χ1n) is 5.37. The summed E-state index contributed by atoms with van der Waals surface area (Å²) >= 11 is 0. The highest BCUT2D eigenvalue weighted by Gasteiger charge is 2.05. The number of aromatic nitrogens is 2. The van der Waals surface area contributed by atoms with E-state index < -0.39 is 11.7 Å². The van der Waals surface area contributed by atoms with Crippen LogP contribution < -0.4 is 5.32 Å². The Morgan fingerprint density at radius 2 is 2.24 bits per heavy atom. The summed E-state index contributed by atoms with van der Waals surface area (Å²) in [6.07, 6.45) is 2.33. The minimum atomic E-state index is -0.535. The fourth-order valence-corrected chi connectivity index (χ4v) is 1.58. The van der Waals surface area contributed by atoms with E-state index in [2.05, 4.69) is 15.3 Å². The van der Waals surface area contributed by atoms with Crippen LogP contribution in [-0.2, 0) is 16.0 Å². The third-order valence-corrected chi connectivity index (χ3v) is 2.50. The van der Waals surface area contributed by atoms with Gasteiger partial charge in [-0.25, -0.2) is 4.98 Å². The summed E-state index contributed by atoms with van der Waals surface area (Å²) in [5, 5.41) is 2.56. The summed E-state index contributed by atoms with van der Waals surface area (Å²) in [6.45, 7) is 1.71. The first kappa shape index (κ1) is 11.3. The van der Waals surface area contributed by atoms with Gasteiger partial charge in [-0.1, -0.05) is 6.07 Å². The van der Waals surface area contributed by atoms with Gasteiger partial charge < -0.3 is 10.3 Å². The number of hydrogen-bond donors (Lipinski definition) is 2. The fraction of sp³-hybridized carbons (Fsp3) is 0.250. The van der Waals surface area contributed by atoms with Gasteiger partial charge in [0.1, 0.15) is 0 Å². The third kappa shape index (κ3) is 2.69. The van der Waals surface area contributed by atoms with Crippen molar-refractivity contribution in [2.75, 3.05) is 6.54 Å². The lowest BCUT2D eigenvalue weighted by Crippen LogP contribution is -2.30. The predicted octanol–water partition coefficient (Wildman–Crippen LogP) is 0.811. The van der Waals surface area contributed by atoms with Gasteiger partial charge in [-0.2, -0.15) is 0 Å². The normalized spacial score (nSPS) is 10.4. The topological polar surface area (TPSA) is 74.8 Å². The molecule has 2 N–H and O–H groups in total. The maximum atomic E-state index is 11.0. The van der Waals surface area contributed by atoms with Gasteiger partial charge in [0.05, 0.1) is 17.4 Å². The molecule has 1 heterocycles. The van der Waals surface area contributed by atoms with Crippen LogP contribution in [0.4, 0.5) is 0 Å². The van der Waals surface area contributed by atoms with Crippen molar-refractivity contribution in [3.8, 4) is 0 Å². The van der Waals surface area contributed by atoms with Crippen LogP contribution in [0, 0.1) is 0 Å². The molecule has 0 unspecified atom stereocenters. The maximum Gasteiger partial charge on any atom is 0.287 e. The molecule has 5 heteroatoms. The van der Waals surface area contributed by atoms with E-state index in [1.165, 1.54) is 6.92 Å².